The molecule has 5 nitrogen and oxygen atoms in total. The van der Waals surface area contributed by atoms with E-state index in [4.69, 9.17) is 4.55 Å². The molecule has 0 bridgehead atoms. The van der Waals surface area contributed by atoms with Crippen molar-refractivity contribution in [2.75, 3.05) is 7.11 Å². The Hall–Kier alpha value is 0.380. The molecule has 0 aromatic heterocycles. The van der Waals surface area contributed by atoms with Gasteiger partial charge >= 0.3 is 35.5 Å². The molecule has 0 fully saturated rings. The molecule has 134 valence electrons. The standard InChI is InChI=1S/C16H32O5S.Na.H/c1-3-4-5-6-7-8-9-10-11-12-13-14-15(16(17)21-2)22(18,19)20;;/h15H,3-14H2,1-2H3,(H,18,19,20);;/q;+1;-1. The number of rotatable bonds is 14. The Kier molecular flexibility index (Phi) is 17.7. The van der Waals surface area contributed by atoms with Gasteiger partial charge in [-0.2, -0.15) is 8.42 Å². The molecular weight excluding hydrogens is 327 g/mol. The van der Waals surface area contributed by atoms with Crippen molar-refractivity contribution in [1.82, 2.24) is 0 Å². The molecule has 0 saturated heterocycles. The van der Waals surface area contributed by atoms with E-state index < -0.39 is 21.3 Å². The quantitative estimate of drug-likeness (QED) is 0.218. The number of ether oxygens (including phenoxy) is 1. The van der Waals surface area contributed by atoms with Gasteiger partial charge in [0.15, 0.2) is 5.25 Å². The Bertz CT molecular complexity index is 390. The van der Waals surface area contributed by atoms with Gasteiger partial charge in [0, 0.05) is 0 Å². The molecule has 0 aromatic rings. The zero-order valence-electron chi connectivity index (χ0n) is 16.1. The maximum Gasteiger partial charge on any atom is 1.00 e. The van der Waals surface area contributed by atoms with Gasteiger partial charge in [0.25, 0.3) is 10.1 Å². The van der Waals surface area contributed by atoms with Crippen LogP contribution >= 0.6 is 0 Å². The van der Waals surface area contributed by atoms with Gasteiger partial charge < -0.3 is 6.16 Å². The third kappa shape index (κ3) is 14.4. The number of carbonyl (C=O) groups excluding carboxylic acids is 1. The Labute approximate surface area is 165 Å². The van der Waals surface area contributed by atoms with Crippen LogP contribution in [0.4, 0.5) is 0 Å². The maximum absolute atomic E-state index is 11.3. The van der Waals surface area contributed by atoms with Crippen LogP contribution < -0.4 is 29.6 Å². The molecule has 7 heteroatoms. The minimum atomic E-state index is -4.36. The van der Waals surface area contributed by atoms with Gasteiger partial charge in [0.05, 0.1) is 7.11 Å². The molecule has 0 aromatic carbocycles. The largest absolute Gasteiger partial charge is 1.00 e. The molecule has 0 rings (SSSR count). The second-order valence-corrected chi connectivity index (χ2v) is 7.45. The van der Waals surface area contributed by atoms with Crippen LogP contribution in [0.25, 0.3) is 0 Å². The Morgan fingerprint density at radius 3 is 1.70 bits per heavy atom. The predicted molar refractivity (Wildman–Crippen MR) is 89.5 cm³/mol. The maximum atomic E-state index is 11.3. The summed E-state index contributed by atoms with van der Waals surface area (Å²) in [6, 6.07) is 0. The van der Waals surface area contributed by atoms with Gasteiger partial charge in [-0.05, 0) is 6.42 Å². The number of hydrogen-bond acceptors (Lipinski definition) is 4. The summed E-state index contributed by atoms with van der Waals surface area (Å²) in [5.74, 6) is -0.880. The van der Waals surface area contributed by atoms with E-state index >= 15 is 0 Å². The number of unbranched alkanes of at least 4 members (excludes halogenated alkanes) is 10. The van der Waals surface area contributed by atoms with Gasteiger partial charge in [-0.3, -0.25) is 9.35 Å². The van der Waals surface area contributed by atoms with Crippen molar-refractivity contribution in [2.24, 2.45) is 0 Å². The molecule has 0 heterocycles. The molecular formula is C16H33NaO5S. The Morgan fingerprint density at radius 2 is 1.35 bits per heavy atom. The minimum Gasteiger partial charge on any atom is -1.00 e. The van der Waals surface area contributed by atoms with Gasteiger partial charge in [0.2, 0.25) is 0 Å². The Balaban J connectivity index is -0.00000220. The molecule has 0 aliphatic rings. The van der Waals surface area contributed by atoms with E-state index in [-0.39, 0.29) is 37.4 Å². The van der Waals surface area contributed by atoms with Crippen molar-refractivity contribution in [3.05, 3.63) is 0 Å². The number of hydrogen-bond donors (Lipinski definition) is 1. The van der Waals surface area contributed by atoms with Crippen molar-refractivity contribution in [2.45, 2.75) is 89.2 Å². The SMILES string of the molecule is CCCCCCCCCCCCCC(C(=O)OC)S(=O)(=O)O.[H-].[Na+]. The molecule has 0 saturated carbocycles. The molecule has 0 aliphatic heterocycles. The summed E-state index contributed by atoms with van der Waals surface area (Å²) in [6.07, 6.45) is 12.8. The topological polar surface area (TPSA) is 80.7 Å². The zero-order valence-corrected chi connectivity index (χ0v) is 17.9. The summed E-state index contributed by atoms with van der Waals surface area (Å²) < 4.78 is 35.6. The van der Waals surface area contributed by atoms with E-state index in [9.17, 15) is 13.2 Å². The van der Waals surface area contributed by atoms with Gasteiger partial charge in [0.1, 0.15) is 0 Å². The predicted octanol–water partition coefficient (Wildman–Crippen LogP) is 1.23. The van der Waals surface area contributed by atoms with Crippen LogP contribution in [0.1, 0.15) is 85.4 Å². The first-order valence-corrected chi connectivity index (χ1v) is 9.98. The number of carbonyl (C=O) groups is 1. The van der Waals surface area contributed by atoms with Gasteiger partial charge in [-0.1, -0.05) is 77.6 Å². The normalized spacial score (nSPS) is 12.5. The molecule has 1 N–H and O–H groups in total. The molecule has 0 spiro atoms. The van der Waals surface area contributed by atoms with Crippen LogP contribution in [0.2, 0.25) is 0 Å². The molecule has 0 radical (unpaired) electrons. The van der Waals surface area contributed by atoms with Crippen LogP contribution in [0.3, 0.4) is 0 Å². The first-order chi connectivity index (χ1) is 10.4. The van der Waals surface area contributed by atoms with Crippen LogP contribution in [-0.2, 0) is 19.6 Å². The van der Waals surface area contributed by atoms with Crippen LogP contribution in [0, 0.1) is 0 Å². The summed E-state index contributed by atoms with van der Waals surface area (Å²) in [7, 11) is -3.24. The van der Waals surface area contributed by atoms with Crippen molar-refractivity contribution in [1.29, 1.82) is 0 Å². The fourth-order valence-electron chi connectivity index (χ4n) is 2.51. The summed E-state index contributed by atoms with van der Waals surface area (Å²) >= 11 is 0. The molecule has 23 heavy (non-hydrogen) atoms. The average Bonchev–Trinajstić information content (AvgIpc) is 2.46. The summed E-state index contributed by atoms with van der Waals surface area (Å²) in [5, 5.41) is -1.43. The molecule has 1 unspecified atom stereocenters. The van der Waals surface area contributed by atoms with E-state index in [0.717, 1.165) is 26.4 Å². The van der Waals surface area contributed by atoms with E-state index in [0.29, 0.717) is 6.42 Å². The van der Waals surface area contributed by atoms with Crippen molar-refractivity contribution in [3.63, 3.8) is 0 Å². The second kappa shape index (κ2) is 15.9. The summed E-state index contributed by atoms with van der Waals surface area (Å²) in [4.78, 5) is 11.3. The van der Waals surface area contributed by atoms with Crippen molar-refractivity contribution >= 4 is 16.1 Å². The number of esters is 1. The van der Waals surface area contributed by atoms with E-state index in [1.54, 1.807) is 0 Å². The van der Waals surface area contributed by atoms with E-state index in [1.165, 1.54) is 44.9 Å². The average molecular weight is 360 g/mol. The van der Waals surface area contributed by atoms with Crippen molar-refractivity contribution < 1.29 is 53.5 Å². The monoisotopic (exact) mass is 360 g/mol. The Morgan fingerprint density at radius 1 is 0.957 bits per heavy atom. The summed E-state index contributed by atoms with van der Waals surface area (Å²) in [5.41, 5.74) is 0. The van der Waals surface area contributed by atoms with E-state index in [2.05, 4.69) is 11.7 Å². The third-order valence-electron chi connectivity index (χ3n) is 3.89. The first-order valence-electron chi connectivity index (χ1n) is 8.47. The van der Waals surface area contributed by atoms with Gasteiger partial charge in [-0.15, -0.1) is 0 Å². The minimum absolute atomic E-state index is 0. The smallest absolute Gasteiger partial charge is 1.00 e. The second-order valence-electron chi connectivity index (χ2n) is 5.85. The van der Waals surface area contributed by atoms with Gasteiger partial charge in [-0.25, -0.2) is 0 Å². The summed E-state index contributed by atoms with van der Waals surface area (Å²) in [6.45, 7) is 2.22. The zero-order chi connectivity index (χ0) is 16.8. The van der Waals surface area contributed by atoms with Crippen LogP contribution in [0.5, 0.6) is 0 Å². The van der Waals surface area contributed by atoms with Crippen molar-refractivity contribution in [3.8, 4) is 0 Å². The molecule has 0 amide bonds. The molecule has 1 atom stereocenters. The first kappa shape index (κ1) is 25.6. The fourth-order valence-corrected chi connectivity index (χ4v) is 3.32. The molecule has 0 aliphatic carbocycles. The van der Waals surface area contributed by atoms with Crippen LogP contribution in [0.15, 0.2) is 0 Å². The number of methoxy groups -OCH3 is 1. The fraction of sp³-hybridized carbons (Fsp3) is 0.938. The third-order valence-corrected chi connectivity index (χ3v) is 5.04. The van der Waals surface area contributed by atoms with E-state index in [1.807, 2.05) is 0 Å². The van der Waals surface area contributed by atoms with Crippen LogP contribution in [-0.4, -0.2) is 31.3 Å².